The Morgan fingerprint density at radius 1 is 1.48 bits per heavy atom. The Balaban J connectivity index is 1.78. The number of amides is 1. The van der Waals surface area contributed by atoms with Crippen molar-refractivity contribution in [3.63, 3.8) is 0 Å². The highest BCUT2D eigenvalue weighted by Crippen LogP contribution is 2.27. The quantitative estimate of drug-likeness (QED) is 0.933. The van der Waals surface area contributed by atoms with Gasteiger partial charge in [-0.3, -0.25) is 9.89 Å². The lowest BCUT2D eigenvalue weighted by molar-refractivity contribution is 0.0699. The highest BCUT2D eigenvalue weighted by molar-refractivity contribution is 6.33. The molecule has 0 saturated carbocycles. The number of likely N-dealkylation sites (tertiary alicyclic amines) is 1. The predicted octanol–water partition coefficient (Wildman–Crippen LogP) is 2.88. The molecular formula is C16H19ClN4O2. The first kappa shape index (κ1) is 15.8. The third-order valence-electron chi connectivity index (χ3n) is 3.99. The minimum atomic E-state index is -0.152. The van der Waals surface area contributed by atoms with Crippen molar-refractivity contribution in [1.29, 1.82) is 0 Å². The summed E-state index contributed by atoms with van der Waals surface area (Å²) in [5.41, 5.74) is 1.31. The smallest absolute Gasteiger partial charge is 0.274 e. The third-order valence-corrected chi connectivity index (χ3v) is 4.29. The van der Waals surface area contributed by atoms with Crippen LogP contribution < -0.4 is 4.74 Å². The fourth-order valence-corrected chi connectivity index (χ4v) is 3.05. The summed E-state index contributed by atoms with van der Waals surface area (Å²) < 4.78 is 5.37. The second kappa shape index (κ2) is 7.00. The molecular weight excluding hydrogens is 316 g/mol. The van der Waals surface area contributed by atoms with Crippen LogP contribution in [0, 0.1) is 0 Å². The number of H-pyrrole nitrogens is 1. The number of rotatable bonds is 4. The molecule has 2 aromatic heterocycles. The lowest BCUT2D eigenvalue weighted by atomic mass is 9.94. The van der Waals surface area contributed by atoms with Crippen LogP contribution in [0.4, 0.5) is 0 Å². The van der Waals surface area contributed by atoms with E-state index in [1.54, 1.807) is 23.2 Å². The van der Waals surface area contributed by atoms with Crippen molar-refractivity contribution in [2.75, 3.05) is 19.7 Å². The number of halogens is 1. The second-order valence-electron chi connectivity index (χ2n) is 5.52. The van der Waals surface area contributed by atoms with Crippen molar-refractivity contribution in [3.8, 4) is 5.88 Å². The Morgan fingerprint density at radius 3 is 3.09 bits per heavy atom. The first-order chi connectivity index (χ1) is 11.2. The number of ether oxygens (including phenoxy) is 1. The zero-order valence-electron chi connectivity index (χ0n) is 13.0. The lowest BCUT2D eigenvalue weighted by Gasteiger charge is -2.32. The van der Waals surface area contributed by atoms with Crippen LogP contribution >= 0.6 is 11.6 Å². The molecule has 1 fully saturated rings. The number of hydrogen-bond donors (Lipinski definition) is 1. The normalized spacial score (nSPS) is 18.0. The van der Waals surface area contributed by atoms with Gasteiger partial charge in [-0.05, 0) is 31.9 Å². The molecule has 0 aromatic carbocycles. The SMILES string of the molecule is CCOc1ccc(Cl)c(C(=O)N2CCC[C@@H](c3ccn[nH]3)C2)n1. The number of nitrogens with one attached hydrogen (secondary N) is 1. The summed E-state index contributed by atoms with van der Waals surface area (Å²) in [6.07, 6.45) is 3.71. The van der Waals surface area contributed by atoms with Crippen molar-refractivity contribution in [2.45, 2.75) is 25.7 Å². The molecule has 1 atom stereocenters. The zero-order chi connectivity index (χ0) is 16.2. The summed E-state index contributed by atoms with van der Waals surface area (Å²) in [6, 6.07) is 5.29. The monoisotopic (exact) mass is 334 g/mol. The molecule has 7 heteroatoms. The Morgan fingerprint density at radius 2 is 2.35 bits per heavy atom. The van der Waals surface area contributed by atoms with E-state index in [-0.39, 0.29) is 17.5 Å². The van der Waals surface area contributed by atoms with Crippen LogP contribution in [0.5, 0.6) is 5.88 Å². The third kappa shape index (κ3) is 3.47. The van der Waals surface area contributed by atoms with Crippen molar-refractivity contribution in [2.24, 2.45) is 0 Å². The largest absolute Gasteiger partial charge is 0.478 e. The molecule has 1 aliphatic heterocycles. The maximum absolute atomic E-state index is 12.8. The Bertz CT molecular complexity index is 675. The average molecular weight is 335 g/mol. The van der Waals surface area contributed by atoms with E-state index in [4.69, 9.17) is 16.3 Å². The molecule has 3 rings (SSSR count). The molecule has 0 bridgehead atoms. The van der Waals surface area contributed by atoms with Gasteiger partial charge in [0.1, 0.15) is 0 Å². The van der Waals surface area contributed by atoms with Gasteiger partial charge < -0.3 is 9.64 Å². The summed E-state index contributed by atoms with van der Waals surface area (Å²) in [7, 11) is 0. The van der Waals surface area contributed by atoms with Crippen LogP contribution in [0.2, 0.25) is 5.02 Å². The van der Waals surface area contributed by atoms with Gasteiger partial charge in [-0.2, -0.15) is 5.10 Å². The van der Waals surface area contributed by atoms with Gasteiger partial charge in [0, 0.05) is 37.0 Å². The van der Waals surface area contributed by atoms with E-state index in [1.807, 2.05) is 13.0 Å². The van der Waals surface area contributed by atoms with Crippen molar-refractivity contribution in [1.82, 2.24) is 20.1 Å². The maximum Gasteiger partial charge on any atom is 0.274 e. The standard InChI is InChI=1S/C16H19ClN4O2/c1-2-23-14-6-5-12(17)15(19-14)16(22)21-9-3-4-11(10-21)13-7-8-18-20-13/h5-8,11H,2-4,9-10H2,1H3,(H,18,20)/t11-/m1/s1. The minimum absolute atomic E-state index is 0.152. The van der Waals surface area contributed by atoms with E-state index in [2.05, 4.69) is 15.2 Å². The molecule has 0 radical (unpaired) electrons. The number of aromatic amines is 1. The predicted molar refractivity (Wildman–Crippen MR) is 86.9 cm³/mol. The summed E-state index contributed by atoms with van der Waals surface area (Å²) in [5.74, 6) is 0.534. The number of hydrogen-bond acceptors (Lipinski definition) is 4. The number of aromatic nitrogens is 3. The Labute approximate surface area is 139 Å². The first-order valence-electron chi connectivity index (χ1n) is 7.77. The minimum Gasteiger partial charge on any atom is -0.478 e. The Hall–Kier alpha value is -2.08. The molecule has 2 aromatic rings. The summed E-state index contributed by atoms with van der Waals surface area (Å²) >= 11 is 6.16. The molecule has 1 amide bonds. The molecule has 3 heterocycles. The van der Waals surface area contributed by atoms with E-state index < -0.39 is 0 Å². The van der Waals surface area contributed by atoms with Gasteiger partial charge in [0.05, 0.1) is 11.6 Å². The fourth-order valence-electron chi connectivity index (χ4n) is 2.86. The second-order valence-corrected chi connectivity index (χ2v) is 5.92. The number of carbonyl (C=O) groups excluding carboxylic acids is 1. The molecule has 6 nitrogen and oxygen atoms in total. The number of carbonyl (C=O) groups is 1. The van der Waals surface area contributed by atoms with Crippen LogP contribution in [0.25, 0.3) is 0 Å². The molecule has 122 valence electrons. The van der Waals surface area contributed by atoms with E-state index in [1.165, 1.54) is 0 Å². The molecule has 23 heavy (non-hydrogen) atoms. The van der Waals surface area contributed by atoms with Crippen LogP contribution in [0.3, 0.4) is 0 Å². The number of piperidine rings is 1. The first-order valence-corrected chi connectivity index (χ1v) is 8.14. The highest BCUT2D eigenvalue weighted by atomic mass is 35.5. The van der Waals surface area contributed by atoms with Gasteiger partial charge in [0.25, 0.3) is 5.91 Å². The van der Waals surface area contributed by atoms with Crippen LogP contribution in [-0.4, -0.2) is 45.7 Å². The van der Waals surface area contributed by atoms with Crippen LogP contribution in [0.1, 0.15) is 41.9 Å². The van der Waals surface area contributed by atoms with Gasteiger partial charge in [-0.1, -0.05) is 11.6 Å². The highest BCUT2D eigenvalue weighted by Gasteiger charge is 2.28. The van der Waals surface area contributed by atoms with E-state index >= 15 is 0 Å². The number of pyridine rings is 1. The molecule has 0 unspecified atom stereocenters. The van der Waals surface area contributed by atoms with E-state index in [9.17, 15) is 4.79 Å². The van der Waals surface area contributed by atoms with Crippen LogP contribution in [0.15, 0.2) is 24.4 Å². The van der Waals surface area contributed by atoms with Crippen LogP contribution in [-0.2, 0) is 0 Å². The lowest BCUT2D eigenvalue weighted by Crippen LogP contribution is -2.39. The zero-order valence-corrected chi connectivity index (χ0v) is 13.7. The van der Waals surface area contributed by atoms with Crippen molar-refractivity contribution >= 4 is 17.5 Å². The summed E-state index contributed by atoms with van der Waals surface area (Å²) in [6.45, 7) is 3.71. The van der Waals surface area contributed by atoms with Gasteiger partial charge >= 0.3 is 0 Å². The number of nitrogens with zero attached hydrogens (tertiary/aromatic N) is 3. The van der Waals surface area contributed by atoms with Gasteiger partial charge in [-0.25, -0.2) is 4.98 Å². The topological polar surface area (TPSA) is 71.1 Å². The average Bonchev–Trinajstić information content (AvgIpc) is 3.11. The van der Waals surface area contributed by atoms with E-state index in [0.29, 0.717) is 30.6 Å². The van der Waals surface area contributed by atoms with Gasteiger partial charge in [0.15, 0.2) is 5.69 Å². The molecule has 1 saturated heterocycles. The van der Waals surface area contributed by atoms with Crippen molar-refractivity contribution in [3.05, 3.63) is 40.8 Å². The fraction of sp³-hybridized carbons (Fsp3) is 0.438. The van der Waals surface area contributed by atoms with E-state index in [0.717, 1.165) is 18.5 Å². The Kier molecular flexibility index (Phi) is 4.81. The molecule has 1 aliphatic rings. The molecule has 0 aliphatic carbocycles. The molecule has 1 N–H and O–H groups in total. The van der Waals surface area contributed by atoms with Gasteiger partial charge in [-0.15, -0.1) is 0 Å². The maximum atomic E-state index is 12.8. The van der Waals surface area contributed by atoms with Gasteiger partial charge in [0.2, 0.25) is 5.88 Å². The van der Waals surface area contributed by atoms with Crippen molar-refractivity contribution < 1.29 is 9.53 Å². The molecule has 0 spiro atoms. The summed E-state index contributed by atoms with van der Waals surface area (Å²) in [4.78, 5) is 18.9. The summed E-state index contributed by atoms with van der Waals surface area (Å²) in [5, 5.41) is 7.34.